The Morgan fingerprint density at radius 2 is 1.69 bits per heavy atom. The largest absolute Gasteiger partial charge is 0.496 e. The van der Waals surface area contributed by atoms with Crippen molar-refractivity contribution in [3.05, 3.63) is 23.3 Å². The summed E-state index contributed by atoms with van der Waals surface area (Å²) < 4.78 is 11.3. The third-order valence-corrected chi connectivity index (χ3v) is 5.69. The van der Waals surface area contributed by atoms with E-state index < -0.39 is 0 Å². The topological polar surface area (TPSA) is 18.5 Å². The SMILES string of the molecule is COc1cc(C2SCCS2)c(OC)cc1C. The van der Waals surface area contributed by atoms with E-state index in [9.17, 15) is 0 Å². The van der Waals surface area contributed by atoms with Crippen molar-refractivity contribution >= 4 is 23.5 Å². The molecule has 0 radical (unpaired) electrons. The number of thioether (sulfide) groups is 2. The number of hydrogen-bond acceptors (Lipinski definition) is 4. The highest BCUT2D eigenvalue weighted by atomic mass is 32.2. The van der Waals surface area contributed by atoms with Gasteiger partial charge in [0, 0.05) is 17.1 Å². The third kappa shape index (κ3) is 2.28. The lowest BCUT2D eigenvalue weighted by Gasteiger charge is -2.16. The minimum absolute atomic E-state index is 0.490. The molecular formula is C12H16O2S2. The Hall–Kier alpha value is -0.480. The standard InChI is InChI=1S/C12H16O2S2/c1-8-6-11(14-3)9(7-10(8)13-2)12-15-4-5-16-12/h6-7,12H,4-5H2,1-3H3. The fourth-order valence-corrected chi connectivity index (χ4v) is 4.68. The van der Waals surface area contributed by atoms with Gasteiger partial charge in [0.2, 0.25) is 0 Å². The molecule has 0 atom stereocenters. The van der Waals surface area contributed by atoms with Gasteiger partial charge in [0.15, 0.2) is 0 Å². The first kappa shape index (κ1) is 12.0. The number of benzene rings is 1. The van der Waals surface area contributed by atoms with E-state index in [0.29, 0.717) is 4.58 Å². The van der Waals surface area contributed by atoms with E-state index in [1.54, 1.807) is 14.2 Å². The minimum atomic E-state index is 0.490. The zero-order chi connectivity index (χ0) is 11.5. The van der Waals surface area contributed by atoms with Crippen LogP contribution in [-0.2, 0) is 0 Å². The number of hydrogen-bond donors (Lipinski definition) is 0. The van der Waals surface area contributed by atoms with Crippen molar-refractivity contribution in [3.8, 4) is 11.5 Å². The molecule has 1 aliphatic rings. The van der Waals surface area contributed by atoms with Gasteiger partial charge in [-0.3, -0.25) is 0 Å². The lowest BCUT2D eigenvalue weighted by molar-refractivity contribution is 0.397. The van der Waals surface area contributed by atoms with Crippen LogP contribution >= 0.6 is 23.5 Å². The van der Waals surface area contributed by atoms with E-state index in [1.165, 1.54) is 17.1 Å². The van der Waals surface area contributed by atoms with Crippen molar-refractivity contribution in [2.45, 2.75) is 11.5 Å². The molecule has 1 aromatic rings. The minimum Gasteiger partial charge on any atom is -0.496 e. The van der Waals surface area contributed by atoms with Crippen molar-refractivity contribution < 1.29 is 9.47 Å². The summed E-state index contributed by atoms with van der Waals surface area (Å²) >= 11 is 3.95. The summed E-state index contributed by atoms with van der Waals surface area (Å²) in [5, 5.41) is 0. The molecular weight excluding hydrogens is 240 g/mol. The van der Waals surface area contributed by atoms with Gasteiger partial charge in [0.1, 0.15) is 11.5 Å². The molecule has 0 bridgehead atoms. The second kappa shape index (κ2) is 5.23. The number of rotatable bonds is 3. The van der Waals surface area contributed by atoms with E-state index >= 15 is 0 Å². The molecule has 1 fully saturated rings. The molecule has 16 heavy (non-hydrogen) atoms. The second-order valence-corrected chi connectivity index (χ2v) is 6.36. The molecule has 4 heteroatoms. The molecule has 1 aromatic carbocycles. The van der Waals surface area contributed by atoms with Crippen LogP contribution in [0.4, 0.5) is 0 Å². The Kier molecular flexibility index (Phi) is 3.92. The first-order chi connectivity index (χ1) is 7.76. The van der Waals surface area contributed by atoms with Gasteiger partial charge in [-0.15, -0.1) is 23.5 Å². The summed E-state index contributed by atoms with van der Waals surface area (Å²) in [6.07, 6.45) is 0. The predicted molar refractivity (Wildman–Crippen MR) is 71.9 cm³/mol. The van der Waals surface area contributed by atoms with Crippen molar-refractivity contribution in [3.63, 3.8) is 0 Å². The van der Waals surface area contributed by atoms with E-state index in [4.69, 9.17) is 9.47 Å². The van der Waals surface area contributed by atoms with Crippen molar-refractivity contribution in [1.29, 1.82) is 0 Å². The van der Waals surface area contributed by atoms with Gasteiger partial charge in [0.25, 0.3) is 0 Å². The molecule has 0 saturated carbocycles. The van der Waals surface area contributed by atoms with Crippen LogP contribution in [0, 0.1) is 6.92 Å². The summed E-state index contributed by atoms with van der Waals surface area (Å²) in [7, 11) is 3.45. The van der Waals surface area contributed by atoms with Gasteiger partial charge in [-0.05, 0) is 24.6 Å². The molecule has 2 nitrogen and oxygen atoms in total. The average Bonchev–Trinajstić information content (AvgIpc) is 2.82. The van der Waals surface area contributed by atoms with Crippen molar-refractivity contribution in [2.75, 3.05) is 25.7 Å². The Morgan fingerprint density at radius 1 is 1.06 bits per heavy atom. The predicted octanol–water partition coefficient (Wildman–Crippen LogP) is 3.49. The maximum Gasteiger partial charge on any atom is 0.124 e. The van der Waals surface area contributed by atoms with Crippen LogP contribution in [-0.4, -0.2) is 25.7 Å². The van der Waals surface area contributed by atoms with E-state index in [-0.39, 0.29) is 0 Å². The average molecular weight is 256 g/mol. The number of aryl methyl sites for hydroxylation is 1. The van der Waals surface area contributed by atoms with Crippen LogP contribution in [0.5, 0.6) is 11.5 Å². The normalized spacial score (nSPS) is 16.4. The van der Waals surface area contributed by atoms with Crippen LogP contribution in [0.1, 0.15) is 15.7 Å². The van der Waals surface area contributed by atoms with Crippen LogP contribution in [0.2, 0.25) is 0 Å². The fourth-order valence-electron chi connectivity index (χ4n) is 1.80. The van der Waals surface area contributed by atoms with Gasteiger partial charge in [0.05, 0.1) is 18.8 Å². The molecule has 0 unspecified atom stereocenters. The maximum absolute atomic E-state index is 5.46. The zero-order valence-electron chi connectivity index (χ0n) is 9.78. The first-order valence-corrected chi connectivity index (χ1v) is 7.31. The summed E-state index contributed by atoms with van der Waals surface area (Å²) in [5.41, 5.74) is 2.37. The fraction of sp³-hybridized carbons (Fsp3) is 0.500. The van der Waals surface area contributed by atoms with Crippen LogP contribution in [0.25, 0.3) is 0 Å². The number of methoxy groups -OCH3 is 2. The Bertz CT molecular complexity index is 374. The molecule has 1 aliphatic heterocycles. The molecule has 0 amide bonds. The van der Waals surface area contributed by atoms with Gasteiger partial charge >= 0.3 is 0 Å². The van der Waals surface area contributed by atoms with E-state index in [1.807, 2.05) is 30.4 Å². The molecule has 0 aliphatic carbocycles. The maximum atomic E-state index is 5.46. The highest BCUT2D eigenvalue weighted by molar-refractivity contribution is 8.19. The van der Waals surface area contributed by atoms with Crippen molar-refractivity contribution in [2.24, 2.45) is 0 Å². The summed E-state index contributed by atoms with van der Waals surface area (Å²) in [6.45, 7) is 2.04. The molecule has 0 N–H and O–H groups in total. The Morgan fingerprint density at radius 3 is 2.25 bits per heavy atom. The van der Waals surface area contributed by atoms with Gasteiger partial charge in [-0.2, -0.15) is 0 Å². The van der Waals surface area contributed by atoms with Crippen LogP contribution in [0.3, 0.4) is 0 Å². The quantitative estimate of drug-likeness (QED) is 0.823. The van der Waals surface area contributed by atoms with Crippen molar-refractivity contribution in [1.82, 2.24) is 0 Å². The lowest BCUT2D eigenvalue weighted by Crippen LogP contribution is -1.96. The van der Waals surface area contributed by atoms with Crippen LogP contribution in [0.15, 0.2) is 12.1 Å². The molecule has 2 rings (SSSR count). The summed E-state index contributed by atoms with van der Waals surface area (Å²) in [5.74, 6) is 4.36. The molecule has 0 aromatic heterocycles. The third-order valence-electron chi connectivity index (χ3n) is 2.62. The second-order valence-electron chi connectivity index (χ2n) is 3.64. The first-order valence-electron chi connectivity index (χ1n) is 5.22. The number of ether oxygens (including phenoxy) is 2. The lowest BCUT2D eigenvalue weighted by atomic mass is 10.1. The molecule has 1 heterocycles. The van der Waals surface area contributed by atoms with Gasteiger partial charge in [-0.1, -0.05) is 0 Å². The molecule has 0 spiro atoms. The Balaban J connectivity index is 2.40. The van der Waals surface area contributed by atoms with E-state index in [0.717, 1.165) is 17.1 Å². The Labute approximate surface area is 105 Å². The molecule has 1 saturated heterocycles. The highest BCUT2D eigenvalue weighted by Crippen LogP contribution is 2.49. The van der Waals surface area contributed by atoms with Gasteiger partial charge < -0.3 is 9.47 Å². The smallest absolute Gasteiger partial charge is 0.124 e. The summed E-state index contributed by atoms with van der Waals surface area (Å²) in [6, 6.07) is 4.18. The highest BCUT2D eigenvalue weighted by Gasteiger charge is 2.23. The van der Waals surface area contributed by atoms with E-state index in [2.05, 4.69) is 12.1 Å². The zero-order valence-corrected chi connectivity index (χ0v) is 11.4. The van der Waals surface area contributed by atoms with Crippen LogP contribution < -0.4 is 9.47 Å². The summed E-state index contributed by atoms with van der Waals surface area (Å²) in [4.78, 5) is 0. The van der Waals surface area contributed by atoms with Gasteiger partial charge in [-0.25, -0.2) is 0 Å². The monoisotopic (exact) mass is 256 g/mol. The molecule has 88 valence electrons.